The molecule has 35 heavy (non-hydrogen) atoms. The number of nitrogens with zero attached hydrogens (tertiary/aromatic N) is 4. The van der Waals surface area contributed by atoms with Gasteiger partial charge in [0.1, 0.15) is 11.8 Å². The molecule has 0 unspecified atom stereocenters. The second-order valence-electron chi connectivity index (χ2n) is 7.13. The molecule has 0 saturated heterocycles. The van der Waals surface area contributed by atoms with E-state index < -0.39 is 17.7 Å². The zero-order chi connectivity index (χ0) is 24.9. The van der Waals surface area contributed by atoms with E-state index in [4.69, 9.17) is 37.9 Å². The van der Waals surface area contributed by atoms with Crippen molar-refractivity contribution < 1.29 is 23.8 Å². The first kappa shape index (κ1) is 24.1. The molecule has 1 aliphatic rings. The number of aromatic nitrogens is 2. The predicted octanol–water partition coefficient (Wildman–Crippen LogP) is 4.48. The molecule has 4 rings (SSSR count). The van der Waals surface area contributed by atoms with Gasteiger partial charge in [-0.05, 0) is 37.6 Å². The van der Waals surface area contributed by atoms with E-state index in [-0.39, 0.29) is 28.1 Å². The van der Waals surface area contributed by atoms with Gasteiger partial charge in [-0.15, -0.1) is 0 Å². The molecule has 13 heteroatoms. The molecule has 0 fully saturated rings. The third-order valence-electron chi connectivity index (χ3n) is 4.77. The molecule has 2 N–H and O–H groups in total. The number of imidazole rings is 1. The number of hydrogen-bond acceptors (Lipinski definition) is 9. The van der Waals surface area contributed by atoms with Crippen LogP contribution < -0.4 is 20.2 Å². The van der Waals surface area contributed by atoms with Crippen molar-refractivity contribution in [3.63, 3.8) is 0 Å². The predicted molar refractivity (Wildman–Crippen MR) is 128 cm³/mol. The Labute approximate surface area is 209 Å². The molecule has 11 nitrogen and oxygen atoms in total. The highest BCUT2D eigenvalue weighted by Crippen LogP contribution is 2.39. The summed E-state index contributed by atoms with van der Waals surface area (Å²) in [5.74, 6) is -0.327. The molecule has 180 valence electrons. The molecular weight excluding hydrogens is 499 g/mol. The second-order valence-corrected chi connectivity index (χ2v) is 7.94. The summed E-state index contributed by atoms with van der Waals surface area (Å²) in [7, 11) is 0. The van der Waals surface area contributed by atoms with E-state index >= 15 is 0 Å². The third-order valence-corrected chi connectivity index (χ3v) is 5.33. The summed E-state index contributed by atoms with van der Waals surface area (Å²) >= 11 is 12.7. The Bertz CT molecular complexity index is 1360. The van der Waals surface area contributed by atoms with Crippen molar-refractivity contribution in [1.29, 1.82) is 5.26 Å². The first-order valence-electron chi connectivity index (χ1n) is 10.4. The number of rotatable bonds is 6. The summed E-state index contributed by atoms with van der Waals surface area (Å²) in [6, 6.07) is 10.5. The molecule has 1 aromatic heterocycles. The number of benzene rings is 2. The van der Waals surface area contributed by atoms with Gasteiger partial charge >= 0.3 is 6.09 Å². The van der Waals surface area contributed by atoms with Crippen LogP contribution in [0.1, 0.15) is 13.3 Å². The monoisotopic (exact) mass is 516 g/mol. The number of hydrogen-bond donors (Lipinski definition) is 2. The lowest BCUT2D eigenvalue weighted by Gasteiger charge is -2.15. The number of anilines is 1. The largest absolute Gasteiger partial charge is 0.465 e. The summed E-state index contributed by atoms with van der Waals surface area (Å²) in [4.78, 5) is 27.8. The standard InChI is InChI=1S/C22H18Cl2N6O5/c1-2-33-22(32)27-20(31)17(11-25)29-28-12-8-14(23)19(15(24)9-12)35-13-4-5-16-18(10-13)30-6-3-7-34-21(30)26-16/h4-5,8-10,28H,2-3,6-7H2,1H3,(H,27,31,32)/b29-17+. The van der Waals surface area contributed by atoms with Crippen LogP contribution in [0.15, 0.2) is 35.4 Å². The Morgan fingerprint density at radius 1 is 1.29 bits per heavy atom. The molecule has 0 bridgehead atoms. The number of fused-ring (bicyclic) bond motifs is 3. The van der Waals surface area contributed by atoms with Crippen molar-refractivity contribution >= 4 is 57.6 Å². The fourth-order valence-electron chi connectivity index (χ4n) is 3.26. The number of hydrazone groups is 1. The van der Waals surface area contributed by atoms with Gasteiger partial charge in [0.15, 0.2) is 5.75 Å². The van der Waals surface area contributed by atoms with Crippen LogP contribution in [-0.4, -0.2) is 40.5 Å². The summed E-state index contributed by atoms with van der Waals surface area (Å²) in [5.41, 5.74) is 3.83. The van der Waals surface area contributed by atoms with Gasteiger partial charge < -0.3 is 14.2 Å². The van der Waals surface area contributed by atoms with Crippen molar-refractivity contribution in [2.45, 2.75) is 19.9 Å². The van der Waals surface area contributed by atoms with E-state index in [1.165, 1.54) is 12.1 Å². The van der Waals surface area contributed by atoms with Crippen LogP contribution in [0.5, 0.6) is 17.5 Å². The molecule has 2 aromatic carbocycles. The van der Waals surface area contributed by atoms with Gasteiger partial charge in [-0.2, -0.15) is 15.3 Å². The summed E-state index contributed by atoms with van der Waals surface area (Å²) in [5, 5.41) is 15.0. The normalized spacial score (nSPS) is 12.8. The van der Waals surface area contributed by atoms with Crippen molar-refractivity contribution in [3.8, 4) is 23.6 Å². The highest BCUT2D eigenvalue weighted by Gasteiger charge is 2.18. The number of aryl methyl sites for hydroxylation is 1. The van der Waals surface area contributed by atoms with E-state index in [0.29, 0.717) is 18.4 Å². The second kappa shape index (κ2) is 10.5. The SMILES string of the molecule is CCOC(=O)NC(=O)/C(C#N)=N/Nc1cc(Cl)c(Oc2ccc3nc4n(c3c2)CCCO4)c(Cl)c1. The molecule has 0 spiro atoms. The Balaban J connectivity index is 1.51. The minimum Gasteiger partial charge on any atom is -0.465 e. The van der Waals surface area contributed by atoms with Crippen LogP contribution >= 0.6 is 23.2 Å². The number of carbonyl (C=O) groups is 2. The van der Waals surface area contributed by atoms with E-state index in [1.807, 2.05) is 22.0 Å². The van der Waals surface area contributed by atoms with Crippen LogP contribution in [0.25, 0.3) is 11.0 Å². The first-order valence-corrected chi connectivity index (χ1v) is 11.2. The van der Waals surface area contributed by atoms with E-state index in [9.17, 15) is 9.59 Å². The number of nitrogens with one attached hydrogen (secondary N) is 2. The summed E-state index contributed by atoms with van der Waals surface area (Å²) in [6.45, 7) is 3.06. The van der Waals surface area contributed by atoms with Crippen LogP contribution in [0, 0.1) is 11.3 Å². The van der Waals surface area contributed by atoms with Gasteiger partial charge in [-0.25, -0.2) is 4.79 Å². The van der Waals surface area contributed by atoms with Crippen LogP contribution in [0.2, 0.25) is 10.0 Å². The minimum absolute atomic E-state index is 0.0642. The summed E-state index contributed by atoms with van der Waals surface area (Å²) in [6.07, 6.45) is -0.105. The number of ether oxygens (including phenoxy) is 3. The fraction of sp³-hybridized carbons (Fsp3) is 0.227. The Kier molecular flexibility index (Phi) is 7.24. The van der Waals surface area contributed by atoms with Crippen LogP contribution in [0.4, 0.5) is 10.5 Å². The maximum absolute atomic E-state index is 11.9. The average Bonchev–Trinajstić information content (AvgIpc) is 3.20. The van der Waals surface area contributed by atoms with Crippen molar-refractivity contribution in [2.24, 2.45) is 5.10 Å². The van der Waals surface area contributed by atoms with Gasteiger partial charge in [0.25, 0.3) is 11.9 Å². The molecule has 2 amide bonds. The number of alkyl carbamates (subject to hydrolysis) is 1. The van der Waals surface area contributed by atoms with Gasteiger partial charge in [0.2, 0.25) is 5.71 Å². The van der Waals surface area contributed by atoms with Crippen molar-refractivity contribution in [1.82, 2.24) is 14.9 Å². The maximum atomic E-state index is 11.9. The molecule has 1 aliphatic heterocycles. The number of nitriles is 1. The fourth-order valence-corrected chi connectivity index (χ4v) is 3.83. The highest BCUT2D eigenvalue weighted by atomic mass is 35.5. The lowest BCUT2D eigenvalue weighted by Crippen LogP contribution is -2.36. The molecule has 0 saturated carbocycles. The number of carbonyl (C=O) groups excluding carboxylic acids is 2. The topological polar surface area (TPSA) is 140 Å². The van der Waals surface area contributed by atoms with Crippen LogP contribution in [0.3, 0.4) is 0 Å². The van der Waals surface area contributed by atoms with Gasteiger partial charge in [0, 0.05) is 12.6 Å². The summed E-state index contributed by atoms with van der Waals surface area (Å²) < 4.78 is 18.1. The Morgan fingerprint density at radius 3 is 2.77 bits per heavy atom. The molecule has 0 radical (unpaired) electrons. The number of imide groups is 1. The zero-order valence-electron chi connectivity index (χ0n) is 18.3. The maximum Gasteiger partial charge on any atom is 0.414 e. The number of halogens is 2. The van der Waals surface area contributed by atoms with E-state index in [1.54, 1.807) is 19.1 Å². The third kappa shape index (κ3) is 5.40. The van der Waals surface area contributed by atoms with E-state index in [2.05, 4.69) is 20.2 Å². The molecule has 2 heterocycles. The van der Waals surface area contributed by atoms with Crippen molar-refractivity contribution in [2.75, 3.05) is 18.6 Å². The van der Waals surface area contributed by atoms with Crippen molar-refractivity contribution in [3.05, 3.63) is 40.4 Å². The smallest absolute Gasteiger partial charge is 0.414 e. The first-order chi connectivity index (χ1) is 16.9. The van der Waals surface area contributed by atoms with Gasteiger partial charge in [-0.3, -0.25) is 20.1 Å². The average molecular weight is 517 g/mol. The molecular formula is C22H18Cl2N6O5. The number of amides is 2. The minimum atomic E-state index is -1.03. The highest BCUT2D eigenvalue weighted by molar-refractivity contribution is 6.47. The lowest BCUT2D eigenvalue weighted by atomic mass is 10.2. The van der Waals surface area contributed by atoms with E-state index in [0.717, 1.165) is 24.0 Å². The van der Waals surface area contributed by atoms with Gasteiger partial charge in [0.05, 0.1) is 40.0 Å². The Hall–Kier alpha value is -4.01. The quantitative estimate of drug-likeness (QED) is 0.360. The lowest BCUT2D eigenvalue weighted by molar-refractivity contribution is -0.114. The zero-order valence-corrected chi connectivity index (χ0v) is 19.8. The molecule has 0 aliphatic carbocycles. The molecule has 0 atom stereocenters. The van der Waals surface area contributed by atoms with Gasteiger partial charge in [-0.1, -0.05) is 23.2 Å². The van der Waals surface area contributed by atoms with Crippen LogP contribution in [-0.2, 0) is 16.1 Å². The Morgan fingerprint density at radius 2 is 2.06 bits per heavy atom. The molecule has 3 aromatic rings.